The number of carbonyl (C=O) groups is 2. The molecule has 0 aromatic heterocycles. The molecule has 1 fully saturated rings. The number of hydrogen-bond donors (Lipinski definition) is 0. The molecule has 0 aliphatic carbocycles. The standard InChI is InChI=1S/C12H18F3NO3/c1-11(2,3)19-10(18)16-6-4-8(12(13,14)15)9(17)5-7-16/h8H,4-7H2,1-3H3. The highest BCUT2D eigenvalue weighted by molar-refractivity contribution is 5.83. The molecule has 1 rings (SSSR count). The number of nitrogens with zero attached hydrogens (tertiary/aromatic N) is 1. The largest absolute Gasteiger partial charge is 0.444 e. The molecule has 4 nitrogen and oxygen atoms in total. The lowest BCUT2D eigenvalue weighted by atomic mass is 9.99. The topological polar surface area (TPSA) is 46.6 Å². The number of ketones is 1. The van der Waals surface area contributed by atoms with Crippen LogP contribution in [-0.4, -0.2) is 41.6 Å². The molecule has 1 aliphatic heterocycles. The van der Waals surface area contributed by atoms with Gasteiger partial charge in [0, 0.05) is 19.5 Å². The number of hydrogen-bond acceptors (Lipinski definition) is 3. The number of rotatable bonds is 0. The molecule has 1 amide bonds. The third-order valence-electron chi connectivity index (χ3n) is 2.75. The van der Waals surface area contributed by atoms with Crippen molar-refractivity contribution in [3.63, 3.8) is 0 Å². The number of alkyl halides is 3. The Morgan fingerprint density at radius 3 is 2.32 bits per heavy atom. The second kappa shape index (κ2) is 5.38. The lowest BCUT2D eigenvalue weighted by Gasteiger charge is -2.26. The number of ether oxygens (including phenoxy) is 1. The van der Waals surface area contributed by atoms with Gasteiger partial charge in [-0.05, 0) is 27.2 Å². The van der Waals surface area contributed by atoms with E-state index >= 15 is 0 Å². The van der Waals surface area contributed by atoms with Crippen LogP contribution in [0.4, 0.5) is 18.0 Å². The Kier molecular flexibility index (Phi) is 4.47. The Bertz CT molecular complexity index is 360. The summed E-state index contributed by atoms with van der Waals surface area (Å²) >= 11 is 0. The maximum atomic E-state index is 12.6. The van der Waals surface area contributed by atoms with Crippen LogP contribution in [0.25, 0.3) is 0 Å². The second-order valence-electron chi connectivity index (χ2n) is 5.57. The Labute approximate surface area is 109 Å². The fourth-order valence-electron chi connectivity index (χ4n) is 1.83. The fraction of sp³-hybridized carbons (Fsp3) is 0.833. The van der Waals surface area contributed by atoms with Gasteiger partial charge in [-0.3, -0.25) is 4.79 Å². The van der Waals surface area contributed by atoms with Crippen molar-refractivity contribution in [3.05, 3.63) is 0 Å². The van der Waals surface area contributed by atoms with Gasteiger partial charge < -0.3 is 9.64 Å². The first-order valence-electron chi connectivity index (χ1n) is 6.08. The van der Waals surface area contributed by atoms with Crippen LogP contribution in [0.2, 0.25) is 0 Å². The Morgan fingerprint density at radius 1 is 1.26 bits per heavy atom. The van der Waals surface area contributed by atoms with Crippen molar-refractivity contribution in [1.82, 2.24) is 4.90 Å². The first-order valence-corrected chi connectivity index (χ1v) is 6.08. The molecule has 1 saturated heterocycles. The zero-order valence-electron chi connectivity index (χ0n) is 11.2. The van der Waals surface area contributed by atoms with E-state index in [2.05, 4.69) is 0 Å². The van der Waals surface area contributed by atoms with Crippen LogP contribution < -0.4 is 0 Å². The number of halogens is 3. The van der Waals surface area contributed by atoms with E-state index in [1.54, 1.807) is 20.8 Å². The molecule has 1 atom stereocenters. The highest BCUT2D eigenvalue weighted by atomic mass is 19.4. The summed E-state index contributed by atoms with van der Waals surface area (Å²) in [6.45, 7) is 4.87. The lowest BCUT2D eigenvalue weighted by molar-refractivity contribution is -0.181. The Morgan fingerprint density at radius 2 is 1.84 bits per heavy atom. The predicted octanol–water partition coefficient (Wildman–Crippen LogP) is 2.76. The van der Waals surface area contributed by atoms with Crippen LogP contribution in [0.5, 0.6) is 0 Å². The van der Waals surface area contributed by atoms with Gasteiger partial charge in [0.15, 0.2) is 0 Å². The quantitative estimate of drug-likeness (QED) is 0.686. The fourth-order valence-corrected chi connectivity index (χ4v) is 1.83. The van der Waals surface area contributed by atoms with E-state index in [1.165, 1.54) is 0 Å². The van der Waals surface area contributed by atoms with E-state index in [0.717, 1.165) is 4.90 Å². The van der Waals surface area contributed by atoms with E-state index < -0.39 is 36.0 Å². The van der Waals surface area contributed by atoms with Crippen molar-refractivity contribution in [3.8, 4) is 0 Å². The SMILES string of the molecule is CC(C)(C)OC(=O)N1CCC(=O)C(C(F)(F)F)CC1. The Hall–Kier alpha value is -1.27. The summed E-state index contributed by atoms with van der Waals surface area (Å²) in [7, 11) is 0. The monoisotopic (exact) mass is 281 g/mol. The number of amides is 1. The van der Waals surface area contributed by atoms with E-state index in [0.29, 0.717) is 0 Å². The van der Waals surface area contributed by atoms with Gasteiger partial charge in [0.25, 0.3) is 0 Å². The molecule has 0 N–H and O–H groups in total. The van der Waals surface area contributed by atoms with Gasteiger partial charge in [-0.1, -0.05) is 0 Å². The van der Waals surface area contributed by atoms with Crippen LogP contribution in [0.3, 0.4) is 0 Å². The average molecular weight is 281 g/mol. The molecule has 1 aliphatic rings. The van der Waals surface area contributed by atoms with Gasteiger partial charge in [-0.15, -0.1) is 0 Å². The zero-order chi connectivity index (χ0) is 14.8. The van der Waals surface area contributed by atoms with Gasteiger partial charge in [0.05, 0.1) is 0 Å². The van der Waals surface area contributed by atoms with Crippen molar-refractivity contribution in [2.24, 2.45) is 5.92 Å². The third kappa shape index (κ3) is 4.72. The molecule has 1 heterocycles. The third-order valence-corrected chi connectivity index (χ3v) is 2.75. The number of likely N-dealkylation sites (tertiary alicyclic amines) is 1. The smallest absolute Gasteiger partial charge is 0.410 e. The van der Waals surface area contributed by atoms with Crippen molar-refractivity contribution in [1.29, 1.82) is 0 Å². The minimum absolute atomic E-state index is 0.0275. The molecular weight excluding hydrogens is 263 g/mol. The van der Waals surface area contributed by atoms with E-state index in [-0.39, 0.29) is 19.5 Å². The highest BCUT2D eigenvalue weighted by Crippen LogP contribution is 2.32. The van der Waals surface area contributed by atoms with Crippen molar-refractivity contribution in [2.75, 3.05) is 13.1 Å². The molecule has 19 heavy (non-hydrogen) atoms. The molecule has 110 valence electrons. The first kappa shape index (κ1) is 15.8. The van der Waals surface area contributed by atoms with Crippen LogP contribution in [0, 0.1) is 5.92 Å². The molecule has 7 heteroatoms. The molecular formula is C12H18F3NO3. The minimum Gasteiger partial charge on any atom is -0.444 e. The predicted molar refractivity (Wildman–Crippen MR) is 61.6 cm³/mol. The lowest BCUT2D eigenvalue weighted by Crippen LogP contribution is -2.37. The molecule has 0 bridgehead atoms. The maximum absolute atomic E-state index is 12.6. The number of Topliss-reactive ketones (excluding diaryl/α,β-unsaturated/α-hetero) is 1. The summed E-state index contributed by atoms with van der Waals surface area (Å²) in [5.41, 5.74) is -0.711. The number of carbonyl (C=O) groups excluding carboxylic acids is 2. The van der Waals surface area contributed by atoms with Crippen LogP contribution >= 0.6 is 0 Å². The molecule has 1 unspecified atom stereocenters. The van der Waals surface area contributed by atoms with E-state index in [1.807, 2.05) is 0 Å². The van der Waals surface area contributed by atoms with Gasteiger partial charge in [-0.25, -0.2) is 4.79 Å². The first-order chi connectivity index (χ1) is 8.50. The second-order valence-corrected chi connectivity index (χ2v) is 5.57. The average Bonchev–Trinajstić information content (AvgIpc) is 2.36. The Balaban J connectivity index is 2.68. The van der Waals surface area contributed by atoms with Crippen molar-refractivity contribution in [2.45, 2.75) is 45.4 Å². The van der Waals surface area contributed by atoms with Gasteiger partial charge in [-0.2, -0.15) is 13.2 Å². The van der Waals surface area contributed by atoms with Crippen LogP contribution in [-0.2, 0) is 9.53 Å². The summed E-state index contributed by atoms with van der Waals surface area (Å²) in [5, 5.41) is 0. The van der Waals surface area contributed by atoms with Crippen LogP contribution in [0.1, 0.15) is 33.6 Å². The van der Waals surface area contributed by atoms with Crippen LogP contribution in [0.15, 0.2) is 0 Å². The van der Waals surface area contributed by atoms with E-state index in [9.17, 15) is 22.8 Å². The molecule has 0 spiro atoms. The summed E-state index contributed by atoms with van der Waals surface area (Å²) in [6, 6.07) is 0. The normalized spacial score (nSPS) is 22.1. The summed E-state index contributed by atoms with van der Waals surface area (Å²) in [5.74, 6) is -2.83. The van der Waals surface area contributed by atoms with Crippen molar-refractivity contribution < 1.29 is 27.5 Å². The summed E-state index contributed by atoms with van der Waals surface area (Å²) in [6.07, 6.45) is -5.91. The zero-order valence-corrected chi connectivity index (χ0v) is 11.2. The van der Waals surface area contributed by atoms with Gasteiger partial charge >= 0.3 is 12.3 Å². The summed E-state index contributed by atoms with van der Waals surface area (Å²) < 4.78 is 42.9. The minimum atomic E-state index is -4.54. The van der Waals surface area contributed by atoms with Gasteiger partial charge in [0.2, 0.25) is 0 Å². The molecule has 0 aromatic rings. The maximum Gasteiger partial charge on any atom is 0.410 e. The molecule has 0 aromatic carbocycles. The van der Waals surface area contributed by atoms with E-state index in [4.69, 9.17) is 4.74 Å². The summed E-state index contributed by atoms with van der Waals surface area (Å²) in [4.78, 5) is 24.3. The van der Waals surface area contributed by atoms with Crippen molar-refractivity contribution >= 4 is 11.9 Å². The highest BCUT2D eigenvalue weighted by Gasteiger charge is 2.45. The molecule has 0 saturated carbocycles. The van der Waals surface area contributed by atoms with Gasteiger partial charge in [0.1, 0.15) is 17.3 Å². The molecule has 0 radical (unpaired) electrons.